The zero-order valence-electron chi connectivity index (χ0n) is 12.5. The molecule has 1 amide bonds. The molecular formula is C16H18N4O2. The number of rotatable bonds is 5. The SMILES string of the molecule is COCCNc1ncc(C(=O)N2CCc3ccccc32)cn1. The number of anilines is 2. The summed E-state index contributed by atoms with van der Waals surface area (Å²) in [5.74, 6) is 0.434. The molecule has 0 bridgehead atoms. The summed E-state index contributed by atoms with van der Waals surface area (Å²) in [7, 11) is 1.64. The van der Waals surface area contributed by atoms with Gasteiger partial charge in [0.2, 0.25) is 5.95 Å². The van der Waals surface area contributed by atoms with Crippen LogP contribution in [-0.4, -0.2) is 42.7 Å². The third-order valence-electron chi connectivity index (χ3n) is 3.62. The molecule has 6 heteroatoms. The van der Waals surface area contributed by atoms with Gasteiger partial charge in [-0.25, -0.2) is 9.97 Å². The van der Waals surface area contributed by atoms with E-state index in [0.717, 1.165) is 12.1 Å². The number of nitrogens with zero attached hydrogens (tertiary/aromatic N) is 3. The van der Waals surface area contributed by atoms with Crippen LogP contribution in [0.25, 0.3) is 0 Å². The highest BCUT2D eigenvalue weighted by molar-refractivity contribution is 6.06. The monoisotopic (exact) mass is 298 g/mol. The summed E-state index contributed by atoms with van der Waals surface area (Å²) in [6, 6.07) is 7.98. The number of benzene rings is 1. The number of hydrogen-bond acceptors (Lipinski definition) is 5. The first-order valence-electron chi connectivity index (χ1n) is 7.24. The van der Waals surface area contributed by atoms with Crippen molar-refractivity contribution in [1.82, 2.24) is 9.97 Å². The molecule has 1 aromatic carbocycles. The fraction of sp³-hybridized carbons (Fsp3) is 0.312. The molecule has 1 N–H and O–H groups in total. The Morgan fingerprint density at radius 1 is 1.32 bits per heavy atom. The van der Waals surface area contributed by atoms with Gasteiger partial charge < -0.3 is 15.0 Å². The molecule has 2 heterocycles. The lowest BCUT2D eigenvalue weighted by molar-refractivity contribution is 0.0988. The molecular weight excluding hydrogens is 280 g/mol. The van der Waals surface area contributed by atoms with Crippen LogP contribution in [0.4, 0.5) is 11.6 Å². The van der Waals surface area contributed by atoms with Crippen molar-refractivity contribution >= 4 is 17.5 Å². The quantitative estimate of drug-likeness (QED) is 0.852. The Balaban J connectivity index is 1.71. The van der Waals surface area contributed by atoms with Crippen molar-refractivity contribution < 1.29 is 9.53 Å². The molecule has 1 aliphatic rings. The van der Waals surface area contributed by atoms with E-state index in [1.807, 2.05) is 18.2 Å². The van der Waals surface area contributed by atoms with Gasteiger partial charge in [0.15, 0.2) is 0 Å². The van der Waals surface area contributed by atoms with Crippen LogP contribution >= 0.6 is 0 Å². The largest absolute Gasteiger partial charge is 0.383 e. The maximum Gasteiger partial charge on any atom is 0.261 e. The van der Waals surface area contributed by atoms with E-state index in [1.54, 1.807) is 24.4 Å². The molecule has 3 rings (SSSR count). The van der Waals surface area contributed by atoms with Crippen LogP contribution in [0.2, 0.25) is 0 Å². The smallest absolute Gasteiger partial charge is 0.261 e. The first-order chi connectivity index (χ1) is 10.8. The van der Waals surface area contributed by atoms with Gasteiger partial charge in [-0.3, -0.25) is 4.79 Å². The first-order valence-corrected chi connectivity index (χ1v) is 7.24. The minimum atomic E-state index is -0.0617. The number of aromatic nitrogens is 2. The fourth-order valence-electron chi connectivity index (χ4n) is 2.50. The number of carbonyl (C=O) groups excluding carboxylic acids is 1. The number of amides is 1. The van der Waals surface area contributed by atoms with Crippen molar-refractivity contribution in [2.75, 3.05) is 37.0 Å². The maximum atomic E-state index is 12.6. The van der Waals surface area contributed by atoms with Gasteiger partial charge in [0.05, 0.1) is 12.2 Å². The Bertz CT molecular complexity index is 657. The van der Waals surface area contributed by atoms with Crippen LogP contribution in [0, 0.1) is 0 Å². The number of para-hydroxylation sites is 1. The van der Waals surface area contributed by atoms with Gasteiger partial charge in [-0.05, 0) is 18.1 Å². The van der Waals surface area contributed by atoms with Gasteiger partial charge in [0.25, 0.3) is 5.91 Å². The van der Waals surface area contributed by atoms with Crippen molar-refractivity contribution in [3.05, 3.63) is 47.8 Å². The molecule has 1 aromatic heterocycles. The minimum Gasteiger partial charge on any atom is -0.383 e. The van der Waals surface area contributed by atoms with E-state index in [2.05, 4.69) is 21.4 Å². The second-order valence-corrected chi connectivity index (χ2v) is 5.05. The number of fused-ring (bicyclic) bond motifs is 1. The topological polar surface area (TPSA) is 67.3 Å². The van der Waals surface area contributed by atoms with E-state index in [4.69, 9.17) is 4.74 Å². The molecule has 6 nitrogen and oxygen atoms in total. The van der Waals surface area contributed by atoms with Crippen LogP contribution in [-0.2, 0) is 11.2 Å². The molecule has 0 saturated carbocycles. The van der Waals surface area contributed by atoms with E-state index in [0.29, 0.717) is 31.2 Å². The molecule has 0 fully saturated rings. The predicted octanol–water partition coefficient (Wildman–Crippen LogP) is 1.74. The Morgan fingerprint density at radius 2 is 2.09 bits per heavy atom. The predicted molar refractivity (Wildman–Crippen MR) is 84.2 cm³/mol. The summed E-state index contributed by atoms with van der Waals surface area (Å²) >= 11 is 0. The number of methoxy groups -OCH3 is 1. The molecule has 0 aliphatic carbocycles. The van der Waals surface area contributed by atoms with Crippen LogP contribution in [0.1, 0.15) is 15.9 Å². The molecule has 0 atom stereocenters. The molecule has 0 spiro atoms. The van der Waals surface area contributed by atoms with E-state index < -0.39 is 0 Å². The molecule has 2 aromatic rings. The van der Waals surface area contributed by atoms with Crippen LogP contribution in [0.3, 0.4) is 0 Å². The standard InChI is InChI=1S/C16H18N4O2/c1-22-9-7-17-16-18-10-13(11-19-16)15(21)20-8-6-12-4-2-3-5-14(12)20/h2-5,10-11H,6-9H2,1H3,(H,17,18,19). The summed E-state index contributed by atoms with van der Waals surface area (Å²) in [5, 5.41) is 3.02. The summed E-state index contributed by atoms with van der Waals surface area (Å²) in [4.78, 5) is 22.7. The lowest BCUT2D eigenvalue weighted by Crippen LogP contribution is -2.29. The molecule has 22 heavy (non-hydrogen) atoms. The zero-order chi connectivity index (χ0) is 15.4. The Hall–Kier alpha value is -2.47. The fourth-order valence-corrected chi connectivity index (χ4v) is 2.50. The Kier molecular flexibility index (Phi) is 4.29. The normalized spacial score (nSPS) is 13.0. The third-order valence-corrected chi connectivity index (χ3v) is 3.62. The number of hydrogen-bond donors (Lipinski definition) is 1. The van der Waals surface area contributed by atoms with Gasteiger partial charge in [-0.2, -0.15) is 0 Å². The van der Waals surface area contributed by atoms with E-state index in [-0.39, 0.29) is 5.91 Å². The van der Waals surface area contributed by atoms with Gasteiger partial charge in [-0.15, -0.1) is 0 Å². The second kappa shape index (κ2) is 6.53. The van der Waals surface area contributed by atoms with Crippen molar-refractivity contribution in [3.8, 4) is 0 Å². The van der Waals surface area contributed by atoms with Crippen LogP contribution in [0.5, 0.6) is 0 Å². The van der Waals surface area contributed by atoms with Crippen molar-refractivity contribution in [2.45, 2.75) is 6.42 Å². The summed E-state index contributed by atoms with van der Waals surface area (Å²) in [5.41, 5.74) is 2.68. The van der Waals surface area contributed by atoms with E-state index in [9.17, 15) is 4.79 Å². The van der Waals surface area contributed by atoms with Gasteiger partial charge in [0.1, 0.15) is 0 Å². The minimum absolute atomic E-state index is 0.0617. The molecule has 0 radical (unpaired) electrons. The van der Waals surface area contributed by atoms with E-state index in [1.165, 1.54) is 5.56 Å². The summed E-state index contributed by atoms with van der Waals surface area (Å²) in [6.07, 6.45) is 4.01. The second-order valence-electron chi connectivity index (χ2n) is 5.05. The van der Waals surface area contributed by atoms with Gasteiger partial charge >= 0.3 is 0 Å². The maximum absolute atomic E-state index is 12.6. The Labute approximate surface area is 129 Å². The molecule has 114 valence electrons. The number of nitrogens with one attached hydrogen (secondary N) is 1. The average molecular weight is 298 g/mol. The highest BCUT2D eigenvalue weighted by atomic mass is 16.5. The highest BCUT2D eigenvalue weighted by Gasteiger charge is 2.25. The van der Waals surface area contributed by atoms with Crippen molar-refractivity contribution in [3.63, 3.8) is 0 Å². The summed E-state index contributed by atoms with van der Waals surface area (Å²) in [6.45, 7) is 1.91. The lowest BCUT2D eigenvalue weighted by atomic mass is 10.2. The molecule has 0 unspecified atom stereocenters. The molecule has 0 saturated heterocycles. The van der Waals surface area contributed by atoms with Crippen LogP contribution in [0.15, 0.2) is 36.7 Å². The average Bonchev–Trinajstić information content (AvgIpc) is 2.99. The lowest BCUT2D eigenvalue weighted by Gasteiger charge is -2.17. The molecule has 1 aliphatic heterocycles. The zero-order valence-corrected chi connectivity index (χ0v) is 12.5. The van der Waals surface area contributed by atoms with Crippen molar-refractivity contribution in [2.24, 2.45) is 0 Å². The third kappa shape index (κ3) is 2.92. The van der Waals surface area contributed by atoms with Gasteiger partial charge in [0, 0.05) is 38.3 Å². The van der Waals surface area contributed by atoms with Gasteiger partial charge in [-0.1, -0.05) is 18.2 Å². The number of carbonyl (C=O) groups is 1. The van der Waals surface area contributed by atoms with Crippen LogP contribution < -0.4 is 10.2 Å². The van der Waals surface area contributed by atoms with E-state index >= 15 is 0 Å². The first kappa shape index (κ1) is 14.5. The highest BCUT2D eigenvalue weighted by Crippen LogP contribution is 2.28. The summed E-state index contributed by atoms with van der Waals surface area (Å²) < 4.78 is 4.95. The van der Waals surface area contributed by atoms with Crippen molar-refractivity contribution in [1.29, 1.82) is 0 Å². The Morgan fingerprint density at radius 3 is 2.86 bits per heavy atom. The number of ether oxygens (including phenoxy) is 1.